The standard InChI is InChI=1S/C21H26N2O2S2/c1-14(12-13-15-8-4-3-5-9-15)22-21(26)23-19-18(20(24)25-2)16-10-6-7-11-17(16)27-19/h3-5,8-9,14H,6-7,10-13H2,1-2H3,(H2,22,23,26). The highest BCUT2D eigenvalue weighted by Gasteiger charge is 2.26. The number of aryl methyl sites for hydroxylation is 2. The first-order valence-corrected chi connectivity index (χ1v) is 10.6. The third-order valence-corrected chi connectivity index (χ3v) is 6.30. The predicted octanol–water partition coefficient (Wildman–Crippen LogP) is 4.72. The van der Waals surface area contributed by atoms with E-state index in [2.05, 4.69) is 41.8 Å². The van der Waals surface area contributed by atoms with Gasteiger partial charge in [-0.1, -0.05) is 30.3 Å². The SMILES string of the molecule is COC(=O)c1c(NC(=S)NC(C)CCc2ccccc2)sc2c1CCCC2. The molecule has 0 saturated carbocycles. The third kappa shape index (κ3) is 5.08. The highest BCUT2D eigenvalue weighted by Crippen LogP contribution is 2.38. The molecule has 2 N–H and O–H groups in total. The minimum absolute atomic E-state index is 0.237. The molecule has 1 heterocycles. The maximum atomic E-state index is 12.3. The van der Waals surface area contributed by atoms with Gasteiger partial charge in [0.1, 0.15) is 5.00 Å². The van der Waals surface area contributed by atoms with Gasteiger partial charge in [-0.05, 0) is 68.8 Å². The Morgan fingerprint density at radius 3 is 2.74 bits per heavy atom. The summed E-state index contributed by atoms with van der Waals surface area (Å²) >= 11 is 7.13. The van der Waals surface area contributed by atoms with Gasteiger partial charge in [0, 0.05) is 10.9 Å². The summed E-state index contributed by atoms with van der Waals surface area (Å²) in [4.78, 5) is 13.6. The summed E-state index contributed by atoms with van der Waals surface area (Å²) in [7, 11) is 1.43. The zero-order chi connectivity index (χ0) is 19.2. The Hall–Kier alpha value is -1.92. The molecule has 0 radical (unpaired) electrons. The number of carbonyl (C=O) groups is 1. The molecule has 27 heavy (non-hydrogen) atoms. The van der Waals surface area contributed by atoms with Crippen LogP contribution in [0.2, 0.25) is 0 Å². The van der Waals surface area contributed by atoms with Gasteiger partial charge in [0.05, 0.1) is 12.7 Å². The van der Waals surface area contributed by atoms with Crippen LogP contribution in [0.5, 0.6) is 0 Å². The van der Waals surface area contributed by atoms with Crippen molar-refractivity contribution in [2.75, 3.05) is 12.4 Å². The van der Waals surface area contributed by atoms with Crippen LogP contribution in [0.1, 0.15) is 52.5 Å². The normalized spacial score (nSPS) is 14.1. The molecule has 1 unspecified atom stereocenters. The molecule has 3 rings (SSSR count). The molecule has 2 aromatic rings. The lowest BCUT2D eigenvalue weighted by atomic mass is 9.95. The monoisotopic (exact) mass is 402 g/mol. The van der Waals surface area contributed by atoms with E-state index < -0.39 is 0 Å². The summed E-state index contributed by atoms with van der Waals surface area (Å²) in [5, 5.41) is 7.95. The van der Waals surface area contributed by atoms with Crippen molar-refractivity contribution in [1.82, 2.24) is 5.32 Å². The molecule has 0 amide bonds. The van der Waals surface area contributed by atoms with Crippen molar-refractivity contribution in [3.05, 3.63) is 51.9 Å². The highest BCUT2D eigenvalue weighted by atomic mass is 32.1. The van der Waals surface area contributed by atoms with Crippen LogP contribution in [0.4, 0.5) is 5.00 Å². The van der Waals surface area contributed by atoms with Crippen LogP contribution < -0.4 is 10.6 Å². The molecule has 0 bridgehead atoms. The van der Waals surface area contributed by atoms with Crippen LogP contribution in [-0.2, 0) is 24.0 Å². The number of ether oxygens (including phenoxy) is 1. The number of carbonyl (C=O) groups excluding carboxylic acids is 1. The van der Waals surface area contributed by atoms with Crippen molar-refractivity contribution in [2.24, 2.45) is 0 Å². The Kier molecular flexibility index (Phi) is 6.85. The lowest BCUT2D eigenvalue weighted by Crippen LogP contribution is -2.36. The van der Waals surface area contributed by atoms with Gasteiger partial charge >= 0.3 is 5.97 Å². The number of anilines is 1. The van der Waals surface area contributed by atoms with E-state index in [9.17, 15) is 4.79 Å². The number of thiocarbonyl (C=S) groups is 1. The van der Waals surface area contributed by atoms with Crippen molar-refractivity contribution in [2.45, 2.75) is 51.5 Å². The van der Waals surface area contributed by atoms with E-state index in [-0.39, 0.29) is 12.0 Å². The van der Waals surface area contributed by atoms with Crippen molar-refractivity contribution in [3.8, 4) is 0 Å². The maximum absolute atomic E-state index is 12.3. The number of fused-ring (bicyclic) bond motifs is 1. The fourth-order valence-electron chi connectivity index (χ4n) is 3.43. The lowest BCUT2D eigenvalue weighted by molar-refractivity contribution is 0.0601. The Labute approximate surface area is 170 Å². The smallest absolute Gasteiger partial charge is 0.341 e. The number of thiophene rings is 1. The van der Waals surface area contributed by atoms with Crippen molar-refractivity contribution in [1.29, 1.82) is 0 Å². The topological polar surface area (TPSA) is 50.4 Å². The van der Waals surface area contributed by atoms with E-state index in [1.165, 1.54) is 24.0 Å². The van der Waals surface area contributed by atoms with E-state index in [0.29, 0.717) is 10.7 Å². The number of methoxy groups -OCH3 is 1. The first-order chi connectivity index (χ1) is 13.1. The van der Waals surface area contributed by atoms with Crippen LogP contribution in [0, 0.1) is 0 Å². The van der Waals surface area contributed by atoms with Crippen LogP contribution in [0.25, 0.3) is 0 Å². The second kappa shape index (κ2) is 9.33. The molecule has 0 spiro atoms. The number of esters is 1. The number of rotatable bonds is 6. The molecule has 0 fully saturated rings. The average Bonchev–Trinajstić information content (AvgIpc) is 3.04. The van der Waals surface area contributed by atoms with Crippen LogP contribution in [0.15, 0.2) is 30.3 Å². The van der Waals surface area contributed by atoms with E-state index >= 15 is 0 Å². The largest absolute Gasteiger partial charge is 0.465 e. The molecule has 144 valence electrons. The van der Waals surface area contributed by atoms with Crippen molar-refractivity contribution >= 4 is 39.6 Å². The van der Waals surface area contributed by atoms with E-state index in [4.69, 9.17) is 17.0 Å². The van der Waals surface area contributed by atoms with Gasteiger partial charge in [-0.25, -0.2) is 4.79 Å². The van der Waals surface area contributed by atoms with Crippen LogP contribution >= 0.6 is 23.6 Å². The Bertz CT molecular complexity index is 802. The number of nitrogens with one attached hydrogen (secondary N) is 2. The summed E-state index contributed by atoms with van der Waals surface area (Å²) in [5.74, 6) is -0.281. The second-order valence-electron chi connectivity index (χ2n) is 6.93. The number of benzene rings is 1. The first-order valence-electron chi connectivity index (χ1n) is 9.42. The van der Waals surface area contributed by atoms with Crippen LogP contribution in [0.3, 0.4) is 0 Å². The Balaban J connectivity index is 1.62. The van der Waals surface area contributed by atoms with Crippen LogP contribution in [-0.4, -0.2) is 24.2 Å². The van der Waals surface area contributed by atoms with Gasteiger partial charge in [0.2, 0.25) is 0 Å². The maximum Gasteiger partial charge on any atom is 0.341 e. The summed E-state index contributed by atoms with van der Waals surface area (Å²) in [6, 6.07) is 10.7. The molecule has 1 aliphatic carbocycles. The first kappa shape index (κ1) is 19.8. The average molecular weight is 403 g/mol. The molecule has 1 aliphatic rings. The van der Waals surface area contributed by atoms with Gasteiger partial charge in [-0.15, -0.1) is 11.3 Å². The zero-order valence-corrected chi connectivity index (χ0v) is 17.5. The summed E-state index contributed by atoms with van der Waals surface area (Å²) in [6.07, 6.45) is 6.24. The molecular formula is C21H26N2O2S2. The van der Waals surface area contributed by atoms with Crippen molar-refractivity contribution in [3.63, 3.8) is 0 Å². The Morgan fingerprint density at radius 1 is 1.26 bits per heavy atom. The molecule has 0 aliphatic heterocycles. The molecule has 1 atom stereocenters. The molecule has 4 nitrogen and oxygen atoms in total. The van der Waals surface area contributed by atoms with Gasteiger partial charge in [0.15, 0.2) is 5.11 Å². The fourth-order valence-corrected chi connectivity index (χ4v) is 5.08. The molecular weight excluding hydrogens is 376 g/mol. The molecule has 6 heteroatoms. The van der Waals surface area contributed by atoms with Gasteiger partial charge in [-0.3, -0.25) is 0 Å². The zero-order valence-electron chi connectivity index (χ0n) is 15.8. The second-order valence-corrected chi connectivity index (χ2v) is 8.44. The molecule has 1 aromatic heterocycles. The van der Waals surface area contributed by atoms with Gasteiger partial charge in [-0.2, -0.15) is 0 Å². The molecule has 0 saturated heterocycles. The predicted molar refractivity (Wildman–Crippen MR) is 116 cm³/mol. The number of hydrogen-bond donors (Lipinski definition) is 2. The summed E-state index contributed by atoms with van der Waals surface area (Å²) in [6.45, 7) is 2.12. The van der Waals surface area contributed by atoms with Crippen molar-refractivity contribution < 1.29 is 9.53 Å². The fraction of sp³-hybridized carbons (Fsp3) is 0.429. The summed E-state index contributed by atoms with van der Waals surface area (Å²) in [5.41, 5.74) is 3.13. The molecule has 1 aromatic carbocycles. The van der Waals surface area contributed by atoms with E-state index in [1.807, 2.05) is 6.07 Å². The minimum Gasteiger partial charge on any atom is -0.465 e. The number of hydrogen-bond acceptors (Lipinski definition) is 4. The van der Waals surface area contributed by atoms with E-state index in [0.717, 1.165) is 42.7 Å². The highest BCUT2D eigenvalue weighted by molar-refractivity contribution is 7.80. The summed E-state index contributed by atoms with van der Waals surface area (Å²) < 4.78 is 5.02. The lowest BCUT2D eigenvalue weighted by Gasteiger charge is -2.17. The Morgan fingerprint density at radius 2 is 2.00 bits per heavy atom. The van der Waals surface area contributed by atoms with Gasteiger partial charge in [0.25, 0.3) is 0 Å². The minimum atomic E-state index is -0.281. The van der Waals surface area contributed by atoms with E-state index in [1.54, 1.807) is 11.3 Å². The quantitative estimate of drug-likeness (QED) is 0.541. The van der Waals surface area contributed by atoms with Gasteiger partial charge < -0.3 is 15.4 Å². The third-order valence-electron chi connectivity index (χ3n) is 4.87.